The van der Waals surface area contributed by atoms with Gasteiger partial charge in [0.05, 0.1) is 13.2 Å². The predicted molar refractivity (Wildman–Crippen MR) is 153 cm³/mol. The van der Waals surface area contributed by atoms with Gasteiger partial charge in [-0.25, -0.2) is 4.98 Å². The molecule has 0 radical (unpaired) electrons. The SMILES string of the molecule is CCCN1CCN(Cc2ccc(-c3cccc(Oc4ncccc4C(N)=O)c3)c(CN3CCOCC3)c2)CC1. The highest BCUT2D eigenvalue weighted by Gasteiger charge is 2.19. The van der Waals surface area contributed by atoms with Gasteiger partial charge in [-0.1, -0.05) is 37.3 Å². The van der Waals surface area contributed by atoms with Crippen LogP contribution in [-0.2, 0) is 17.8 Å². The van der Waals surface area contributed by atoms with Crippen molar-refractivity contribution < 1.29 is 14.3 Å². The van der Waals surface area contributed by atoms with Crippen molar-refractivity contribution in [3.05, 3.63) is 77.5 Å². The molecule has 2 saturated heterocycles. The Hall–Kier alpha value is -3.30. The van der Waals surface area contributed by atoms with E-state index in [0.29, 0.717) is 5.75 Å². The van der Waals surface area contributed by atoms with Gasteiger partial charge in [0.2, 0.25) is 5.88 Å². The molecule has 2 fully saturated rings. The summed E-state index contributed by atoms with van der Waals surface area (Å²) in [4.78, 5) is 23.7. The molecule has 0 bridgehead atoms. The number of hydrogen-bond donors (Lipinski definition) is 1. The van der Waals surface area contributed by atoms with Gasteiger partial charge >= 0.3 is 0 Å². The van der Waals surface area contributed by atoms with Gasteiger partial charge in [-0.2, -0.15) is 0 Å². The quantitative estimate of drug-likeness (QED) is 0.425. The highest BCUT2D eigenvalue weighted by molar-refractivity contribution is 5.95. The summed E-state index contributed by atoms with van der Waals surface area (Å²) >= 11 is 0. The molecule has 8 heteroatoms. The first-order valence-electron chi connectivity index (χ1n) is 14.0. The van der Waals surface area contributed by atoms with E-state index in [0.717, 1.165) is 71.1 Å². The van der Waals surface area contributed by atoms with Crippen molar-refractivity contribution in [2.45, 2.75) is 26.4 Å². The Morgan fingerprint density at radius 1 is 0.923 bits per heavy atom. The van der Waals surface area contributed by atoms with E-state index in [9.17, 15) is 4.79 Å². The number of pyridine rings is 1. The van der Waals surface area contributed by atoms with Crippen LogP contribution in [0.3, 0.4) is 0 Å². The summed E-state index contributed by atoms with van der Waals surface area (Å²) in [5, 5.41) is 0. The fourth-order valence-electron chi connectivity index (χ4n) is 5.40. The average molecular weight is 530 g/mol. The first-order valence-corrected chi connectivity index (χ1v) is 14.0. The smallest absolute Gasteiger partial charge is 0.254 e. The van der Waals surface area contributed by atoms with Crippen LogP contribution in [0.15, 0.2) is 60.8 Å². The maximum absolute atomic E-state index is 11.8. The van der Waals surface area contributed by atoms with Crippen LogP contribution in [0.2, 0.25) is 0 Å². The molecule has 0 atom stereocenters. The van der Waals surface area contributed by atoms with Gasteiger partial charge in [-0.3, -0.25) is 14.6 Å². The zero-order valence-electron chi connectivity index (χ0n) is 22.8. The van der Waals surface area contributed by atoms with Crippen molar-refractivity contribution in [2.75, 3.05) is 59.0 Å². The molecular weight excluding hydrogens is 490 g/mol. The van der Waals surface area contributed by atoms with Gasteiger partial charge in [0, 0.05) is 58.6 Å². The van der Waals surface area contributed by atoms with Gasteiger partial charge in [0.25, 0.3) is 5.91 Å². The lowest BCUT2D eigenvalue weighted by Gasteiger charge is -2.34. The summed E-state index contributed by atoms with van der Waals surface area (Å²) < 4.78 is 11.6. The first-order chi connectivity index (χ1) is 19.1. The first kappa shape index (κ1) is 27.3. The van der Waals surface area contributed by atoms with Gasteiger partial charge in [-0.15, -0.1) is 0 Å². The lowest BCUT2D eigenvalue weighted by Crippen LogP contribution is -2.46. The normalized spacial score (nSPS) is 17.3. The second kappa shape index (κ2) is 13.2. The van der Waals surface area contributed by atoms with E-state index in [1.54, 1.807) is 18.3 Å². The minimum Gasteiger partial charge on any atom is -0.438 e. The summed E-state index contributed by atoms with van der Waals surface area (Å²) in [6.07, 6.45) is 2.81. The molecule has 5 rings (SSSR count). The van der Waals surface area contributed by atoms with Crippen LogP contribution in [0.1, 0.15) is 34.8 Å². The van der Waals surface area contributed by atoms with Crippen molar-refractivity contribution in [3.8, 4) is 22.8 Å². The molecule has 2 aromatic carbocycles. The molecular formula is C31H39N5O3. The number of benzene rings is 2. The molecule has 8 nitrogen and oxygen atoms in total. The molecule has 0 unspecified atom stereocenters. The summed E-state index contributed by atoms with van der Waals surface area (Å²) in [5.74, 6) is 0.259. The summed E-state index contributed by atoms with van der Waals surface area (Å²) in [6, 6.07) is 18.1. The molecule has 0 aliphatic carbocycles. The Morgan fingerprint density at radius 3 is 2.46 bits per heavy atom. The highest BCUT2D eigenvalue weighted by atomic mass is 16.5. The number of primary amides is 1. The number of morpholine rings is 1. The third kappa shape index (κ3) is 7.22. The summed E-state index contributed by atoms with van der Waals surface area (Å²) in [5.41, 5.74) is 10.7. The van der Waals surface area contributed by atoms with Crippen molar-refractivity contribution in [2.24, 2.45) is 5.73 Å². The zero-order chi connectivity index (χ0) is 27.0. The molecule has 3 heterocycles. The number of carbonyl (C=O) groups is 1. The molecule has 0 saturated carbocycles. The van der Waals surface area contributed by atoms with E-state index >= 15 is 0 Å². The third-order valence-electron chi connectivity index (χ3n) is 7.47. The summed E-state index contributed by atoms with van der Waals surface area (Å²) in [6.45, 7) is 13.2. The third-order valence-corrected chi connectivity index (χ3v) is 7.47. The molecule has 2 aliphatic heterocycles. The second-order valence-corrected chi connectivity index (χ2v) is 10.3. The Labute approximate surface area is 231 Å². The van der Waals surface area contributed by atoms with Crippen LogP contribution < -0.4 is 10.5 Å². The zero-order valence-corrected chi connectivity index (χ0v) is 22.8. The number of hydrogen-bond acceptors (Lipinski definition) is 7. The lowest BCUT2D eigenvalue weighted by atomic mass is 9.96. The fourth-order valence-corrected chi connectivity index (χ4v) is 5.40. The molecule has 3 aromatic rings. The van der Waals surface area contributed by atoms with Crippen LogP contribution in [0.25, 0.3) is 11.1 Å². The number of ether oxygens (including phenoxy) is 2. The fraction of sp³-hybridized carbons (Fsp3) is 0.419. The van der Waals surface area contributed by atoms with Crippen LogP contribution in [0.5, 0.6) is 11.6 Å². The van der Waals surface area contributed by atoms with E-state index < -0.39 is 5.91 Å². The highest BCUT2D eigenvalue weighted by Crippen LogP contribution is 2.31. The molecule has 0 spiro atoms. The largest absolute Gasteiger partial charge is 0.438 e. The molecule has 1 amide bonds. The molecule has 206 valence electrons. The number of piperazine rings is 1. The monoisotopic (exact) mass is 529 g/mol. The number of aromatic nitrogens is 1. The van der Waals surface area contributed by atoms with Crippen LogP contribution in [-0.4, -0.2) is 84.6 Å². The van der Waals surface area contributed by atoms with Gasteiger partial charge in [0.15, 0.2) is 0 Å². The van der Waals surface area contributed by atoms with Crippen molar-refractivity contribution >= 4 is 5.91 Å². The maximum Gasteiger partial charge on any atom is 0.254 e. The minimum atomic E-state index is -0.565. The van der Waals surface area contributed by atoms with Gasteiger partial charge in [0.1, 0.15) is 11.3 Å². The number of amides is 1. The van der Waals surface area contributed by atoms with E-state index in [2.05, 4.69) is 50.9 Å². The van der Waals surface area contributed by atoms with Crippen molar-refractivity contribution in [1.29, 1.82) is 0 Å². The average Bonchev–Trinajstić information content (AvgIpc) is 2.95. The topological polar surface area (TPSA) is 84.2 Å². The number of nitrogens with two attached hydrogens (primary N) is 1. The van der Waals surface area contributed by atoms with Crippen LogP contribution >= 0.6 is 0 Å². The standard InChI is InChI=1S/C31H39N5O3/c1-2-11-34-12-14-35(15-13-34)22-24-8-9-28(26(20-24)23-36-16-18-38-19-17-36)25-5-3-6-27(21-25)39-31-29(30(32)37)7-4-10-33-31/h3-10,20-21H,2,11-19,22-23H2,1H3,(H2,32,37). The molecule has 1 aromatic heterocycles. The Morgan fingerprint density at radius 2 is 1.69 bits per heavy atom. The maximum atomic E-state index is 11.8. The number of rotatable bonds is 10. The summed E-state index contributed by atoms with van der Waals surface area (Å²) in [7, 11) is 0. The van der Waals surface area contributed by atoms with Crippen LogP contribution in [0.4, 0.5) is 0 Å². The number of carbonyl (C=O) groups excluding carboxylic acids is 1. The molecule has 2 N–H and O–H groups in total. The Bertz CT molecular complexity index is 1250. The lowest BCUT2D eigenvalue weighted by molar-refractivity contribution is 0.0342. The Balaban J connectivity index is 1.38. The number of nitrogens with zero attached hydrogens (tertiary/aromatic N) is 4. The van der Waals surface area contributed by atoms with E-state index in [-0.39, 0.29) is 11.4 Å². The van der Waals surface area contributed by atoms with E-state index in [1.807, 2.05) is 18.2 Å². The van der Waals surface area contributed by atoms with Gasteiger partial charge < -0.3 is 20.1 Å². The molecule has 39 heavy (non-hydrogen) atoms. The second-order valence-electron chi connectivity index (χ2n) is 10.3. The van der Waals surface area contributed by atoms with Crippen LogP contribution in [0, 0.1) is 0 Å². The van der Waals surface area contributed by atoms with Gasteiger partial charge in [-0.05, 0) is 59.5 Å². The van der Waals surface area contributed by atoms with Crippen molar-refractivity contribution in [1.82, 2.24) is 19.7 Å². The minimum absolute atomic E-state index is 0.213. The predicted octanol–water partition coefficient (Wildman–Crippen LogP) is 4.00. The van der Waals surface area contributed by atoms with Crippen molar-refractivity contribution in [3.63, 3.8) is 0 Å². The molecule has 2 aliphatic rings. The van der Waals surface area contributed by atoms with E-state index in [1.165, 1.54) is 29.7 Å². The van der Waals surface area contributed by atoms with E-state index in [4.69, 9.17) is 15.2 Å². The Kier molecular flexibility index (Phi) is 9.21.